The number of alkyl halides is 3. The van der Waals surface area contributed by atoms with E-state index in [-0.39, 0.29) is 0 Å². The molecule has 2 nitrogen and oxygen atoms in total. The Labute approximate surface area is 112 Å². The zero-order valence-electron chi connectivity index (χ0n) is 8.03. The van der Waals surface area contributed by atoms with Gasteiger partial charge in [-0.05, 0) is 12.8 Å². The van der Waals surface area contributed by atoms with Gasteiger partial charge < -0.3 is 4.74 Å². The van der Waals surface area contributed by atoms with E-state index in [0.717, 1.165) is 12.8 Å². The molecule has 0 aromatic carbocycles. The van der Waals surface area contributed by atoms with Crippen molar-refractivity contribution < 1.29 is 9.53 Å². The van der Waals surface area contributed by atoms with Crippen LogP contribution >= 0.6 is 50.7 Å². The minimum absolute atomic E-state index is 0.397. The molecule has 0 aliphatic carbocycles. The third kappa shape index (κ3) is 3.26. The van der Waals surface area contributed by atoms with E-state index in [2.05, 4.69) is 15.9 Å². The van der Waals surface area contributed by atoms with E-state index < -0.39 is 15.9 Å². The zero-order chi connectivity index (χ0) is 11.6. The molecule has 0 bridgehead atoms. The lowest BCUT2D eigenvalue weighted by Gasteiger charge is -2.18. The molecule has 0 amide bonds. The summed E-state index contributed by atoms with van der Waals surface area (Å²) in [6.45, 7) is 2.04. The first-order valence-corrected chi connectivity index (χ1v) is 6.46. The van der Waals surface area contributed by atoms with Crippen molar-refractivity contribution in [1.82, 2.24) is 0 Å². The summed E-state index contributed by atoms with van der Waals surface area (Å²) in [5.74, 6) is -0.397. The quantitative estimate of drug-likeness (QED) is 0.572. The second kappa shape index (κ2) is 5.26. The molecule has 6 heteroatoms. The minimum Gasteiger partial charge on any atom is -0.449 e. The molecule has 1 unspecified atom stereocenters. The Kier molecular flexibility index (Phi) is 4.78. The monoisotopic (exact) mass is 334 g/mol. The van der Waals surface area contributed by atoms with Gasteiger partial charge in [0.05, 0.1) is 10.1 Å². The van der Waals surface area contributed by atoms with Gasteiger partial charge in [0.2, 0.25) is 3.79 Å². The van der Waals surface area contributed by atoms with Gasteiger partial charge in [0.15, 0.2) is 6.10 Å². The van der Waals surface area contributed by atoms with Crippen molar-refractivity contribution in [3.8, 4) is 0 Å². The van der Waals surface area contributed by atoms with Crippen LogP contribution < -0.4 is 0 Å². The van der Waals surface area contributed by atoms with Crippen molar-refractivity contribution in [2.75, 3.05) is 0 Å². The number of esters is 1. The Hall–Kier alpha value is 0.560. The highest BCUT2D eigenvalue weighted by Crippen LogP contribution is 2.43. The maximum atomic E-state index is 11.5. The second-order valence-corrected chi connectivity index (χ2v) is 6.48. The van der Waals surface area contributed by atoms with E-state index >= 15 is 0 Å². The average Bonchev–Trinajstić information content (AvgIpc) is 2.39. The van der Waals surface area contributed by atoms with Gasteiger partial charge in [0, 0.05) is 0 Å². The molecule has 86 valence electrons. The number of ether oxygens (including phenoxy) is 1. The molecular formula is C9H10BrCl3O2. The second-order valence-electron chi connectivity index (χ2n) is 3.26. The molecule has 15 heavy (non-hydrogen) atoms. The molecular weight excluding hydrogens is 326 g/mol. The highest BCUT2D eigenvalue weighted by atomic mass is 79.9. The maximum Gasteiger partial charge on any atom is 0.335 e. The minimum atomic E-state index is -1.62. The number of carbonyl (C=O) groups excluding carboxylic acids is 1. The number of cyclic esters (lactones) is 1. The van der Waals surface area contributed by atoms with Crippen molar-refractivity contribution in [2.24, 2.45) is 0 Å². The summed E-state index contributed by atoms with van der Waals surface area (Å²) >= 11 is 20.3. The normalized spacial score (nSPS) is 22.2. The molecule has 1 aliphatic heterocycles. The van der Waals surface area contributed by atoms with Gasteiger partial charge in [-0.1, -0.05) is 64.1 Å². The third-order valence-electron chi connectivity index (χ3n) is 2.07. The van der Waals surface area contributed by atoms with Crippen molar-refractivity contribution >= 4 is 56.7 Å². The van der Waals surface area contributed by atoms with Crippen LogP contribution in [0.1, 0.15) is 26.2 Å². The zero-order valence-corrected chi connectivity index (χ0v) is 11.9. The van der Waals surface area contributed by atoms with Crippen LogP contribution in [0.2, 0.25) is 0 Å². The molecule has 0 saturated carbocycles. The molecule has 0 spiro atoms. The Bertz CT molecular complexity index is 296. The van der Waals surface area contributed by atoms with Gasteiger partial charge in [-0.15, -0.1) is 0 Å². The number of unbranched alkanes of at least 4 members (excludes halogenated alkanes) is 1. The van der Waals surface area contributed by atoms with Gasteiger partial charge in [-0.3, -0.25) is 0 Å². The van der Waals surface area contributed by atoms with Crippen molar-refractivity contribution in [1.29, 1.82) is 0 Å². The van der Waals surface area contributed by atoms with Crippen molar-refractivity contribution in [2.45, 2.75) is 36.1 Å². The lowest BCUT2D eigenvalue weighted by atomic mass is 10.1. The standard InChI is InChI=1S/C9H10BrCl3O2/c1-2-3-4-5-6(10)7(9(11,12)13)15-8(5)14/h7H,2-4H2,1H3. The number of rotatable bonds is 3. The molecule has 0 N–H and O–H groups in total. The Morgan fingerprint density at radius 3 is 2.47 bits per heavy atom. The van der Waals surface area contributed by atoms with Crippen LogP contribution in [-0.4, -0.2) is 15.9 Å². The fourth-order valence-corrected chi connectivity index (χ4v) is 2.92. The maximum absolute atomic E-state index is 11.5. The summed E-state index contributed by atoms with van der Waals surface area (Å²) in [7, 11) is 0. The van der Waals surface area contributed by atoms with E-state index in [9.17, 15) is 4.79 Å². The van der Waals surface area contributed by atoms with E-state index in [1.165, 1.54) is 0 Å². The number of carbonyl (C=O) groups is 1. The topological polar surface area (TPSA) is 26.3 Å². The van der Waals surface area contributed by atoms with Gasteiger partial charge in [0.1, 0.15) is 0 Å². The van der Waals surface area contributed by atoms with E-state index in [1.54, 1.807) is 0 Å². The van der Waals surface area contributed by atoms with Crippen LogP contribution in [0.5, 0.6) is 0 Å². The molecule has 1 atom stereocenters. The molecule has 0 saturated heterocycles. The number of hydrogen-bond acceptors (Lipinski definition) is 2. The Balaban J connectivity index is 2.84. The predicted molar refractivity (Wildman–Crippen MR) is 65.6 cm³/mol. The third-order valence-corrected chi connectivity index (χ3v) is 3.56. The lowest BCUT2D eigenvalue weighted by Crippen LogP contribution is -2.26. The predicted octanol–water partition coefficient (Wildman–Crippen LogP) is 4.12. The molecule has 0 radical (unpaired) electrons. The summed E-state index contributed by atoms with van der Waals surface area (Å²) < 4.78 is 3.93. The van der Waals surface area contributed by atoms with Crippen LogP contribution in [-0.2, 0) is 9.53 Å². The number of hydrogen-bond donors (Lipinski definition) is 0. The van der Waals surface area contributed by atoms with Crippen molar-refractivity contribution in [3.63, 3.8) is 0 Å². The molecule has 0 aromatic heterocycles. The van der Waals surface area contributed by atoms with Crippen LogP contribution in [0.3, 0.4) is 0 Å². The summed E-state index contributed by atoms with van der Waals surface area (Å²) in [5, 5.41) is 0. The van der Waals surface area contributed by atoms with E-state index in [4.69, 9.17) is 39.5 Å². The van der Waals surface area contributed by atoms with Gasteiger partial charge in [-0.2, -0.15) is 0 Å². The smallest absolute Gasteiger partial charge is 0.335 e. The van der Waals surface area contributed by atoms with Crippen LogP contribution in [0.15, 0.2) is 10.1 Å². The molecule has 1 heterocycles. The average molecular weight is 336 g/mol. The first kappa shape index (κ1) is 13.6. The highest BCUT2D eigenvalue weighted by molar-refractivity contribution is 9.11. The van der Waals surface area contributed by atoms with Crippen LogP contribution in [0, 0.1) is 0 Å². The fraction of sp³-hybridized carbons (Fsp3) is 0.667. The van der Waals surface area contributed by atoms with Gasteiger partial charge >= 0.3 is 5.97 Å². The van der Waals surface area contributed by atoms with Gasteiger partial charge in [-0.25, -0.2) is 4.79 Å². The van der Waals surface area contributed by atoms with Gasteiger partial charge in [0.25, 0.3) is 0 Å². The molecule has 0 fully saturated rings. The Morgan fingerprint density at radius 2 is 2.07 bits per heavy atom. The fourth-order valence-electron chi connectivity index (χ4n) is 1.27. The largest absolute Gasteiger partial charge is 0.449 e. The first-order valence-electron chi connectivity index (χ1n) is 4.54. The molecule has 1 aliphatic rings. The summed E-state index contributed by atoms with van der Waals surface area (Å²) in [6.07, 6.45) is 1.73. The molecule has 0 aromatic rings. The number of halogens is 4. The van der Waals surface area contributed by atoms with Crippen LogP contribution in [0.25, 0.3) is 0 Å². The van der Waals surface area contributed by atoms with Crippen molar-refractivity contribution in [3.05, 3.63) is 10.1 Å². The summed E-state index contributed by atoms with van der Waals surface area (Å²) in [5.41, 5.74) is 0.577. The van der Waals surface area contributed by atoms with E-state index in [1.807, 2.05) is 6.92 Å². The van der Waals surface area contributed by atoms with E-state index in [0.29, 0.717) is 16.5 Å². The summed E-state index contributed by atoms with van der Waals surface area (Å²) in [6, 6.07) is 0. The first-order chi connectivity index (χ1) is 6.88. The SMILES string of the molecule is CCCCC1=C(Br)C(C(Cl)(Cl)Cl)OC1=O. The summed E-state index contributed by atoms with van der Waals surface area (Å²) in [4.78, 5) is 11.5. The highest BCUT2D eigenvalue weighted by Gasteiger charge is 2.44. The Morgan fingerprint density at radius 1 is 1.47 bits per heavy atom. The van der Waals surface area contributed by atoms with Crippen LogP contribution in [0.4, 0.5) is 0 Å². The molecule has 1 rings (SSSR count). The lowest BCUT2D eigenvalue weighted by molar-refractivity contribution is -0.139.